The second kappa shape index (κ2) is 9.40. The minimum absolute atomic E-state index is 0.152. The van der Waals surface area contributed by atoms with Gasteiger partial charge in [0.1, 0.15) is 10.0 Å². The normalized spacial score (nSPS) is 12.3. The fourth-order valence-corrected chi connectivity index (χ4v) is 5.45. The quantitative estimate of drug-likeness (QED) is 0.532. The van der Waals surface area contributed by atoms with Gasteiger partial charge in [0.05, 0.1) is 12.2 Å². The molecule has 0 saturated carbocycles. The highest BCUT2D eigenvalue weighted by atomic mass is 32.1. The van der Waals surface area contributed by atoms with Gasteiger partial charge in [-0.1, -0.05) is 30.3 Å². The van der Waals surface area contributed by atoms with E-state index in [1.807, 2.05) is 30.3 Å². The first-order valence-corrected chi connectivity index (χ1v) is 11.6. The number of carbonyl (C=O) groups is 3. The minimum Gasteiger partial charge on any atom is -0.462 e. The predicted molar refractivity (Wildman–Crippen MR) is 119 cm³/mol. The van der Waals surface area contributed by atoms with Gasteiger partial charge in [-0.05, 0) is 31.7 Å². The van der Waals surface area contributed by atoms with E-state index in [0.29, 0.717) is 15.6 Å². The number of nitrogens with one attached hydrogen (secondary N) is 1. The average molecular weight is 457 g/mol. The topological polar surface area (TPSA) is 94.6 Å². The van der Waals surface area contributed by atoms with Gasteiger partial charge in [-0.25, -0.2) is 14.6 Å². The maximum Gasteiger partial charge on any atom is 0.358 e. The molecule has 31 heavy (non-hydrogen) atoms. The van der Waals surface area contributed by atoms with Crippen molar-refractivity contribution in [2.75, 3.05) is 18.5 Å². The number of hydrogen-bond donors (Lipinski definition) is 1. The number of thiophene rings is 1. The summed E-state index contributed by atoms with van der Waals surface area (Å²) >= 11 is 2.71. The van der Waals surface area contributed by atoms with Crippen LogP contribution in [0.15, 0.2) is 35.7 Å². The highest BCUT2D eigenvalue weighted by molar-refractivity contribution is 7.17. The average Bonchev–Trinajstić information content (AvgIpc) is 3.49. The molecule has 3 aromatic rings. The van der Waals surface area contributed by atoms with E-state index in [1.54, 1.807) is 12.3 Å². The molecule has 2 aromatic heterocycles. The van der Waals surface area contributed by atoms with Gasteiger partial charge >= 0.3 is 11.9 Å². The van der Waals surface area contributed by atoms with Crippen molar-refractivity contribution in [1.29, 1.82) is 0 Å². The molecule has 0 spiro atoms. The molecule has 1 aliphatic carbocycles. The summed E-state index contributed by atoms with van der Waals surface area (Å²) < 4.78 is 10.3. The van der Waals surface area contributed by atoms with Crippen LogP contribution < -0.4 is 5.32 Å². The highest BCUT2D eigenvalue weighted by Crippen LogP contribution is 2.39. The molecule has 0 unspecified atom stereocenters. The third-order valence-electron chi connectivity index (χ3n) is 4.72. The molecular weight excluding hydrogens is 436 g/mol. The Kier molecular flexibility index (Phi) is 6.43. The van der Waals surface area contributed by atoms with Gasteiger partial charge in [0.25, 0.3) is 5.91 Å². The Morgan fingerprint density at radius 3 is 2.68 bits per heavy atom. The Morgan fingerprint density at radius 1 is 1.10 bits per heavy atom. The molecule has 0 aliphatic heterocycles. The smallest absolute Gasteiger partial charge is 0.358 e. The van der Waals surface area contributed by atoms with Crippen LogP contribution in [0.2, 0.25) is 0 Å². The number of esters is 2. The molecule has 7 nitrogen and oxygen atoms in total. The summed E-state index contributed by atoms with van der Waals surface area (Å²) in [6.07, 6.45) is 2.65. The van der Waals surface area contributed by atoms with Crippen molar-refractivity contribution < 1.29 is 23.9 Å². The number of fused-ring (bicyclic) bond motifs is 1. The molecule has 0 bridgehead atoms. The molecule has 0 atom stereocenters. The SMILES string of the molecule is CCOC(=O)c1c(NC(=O)COC(=O)c2csc(-c3ccccc3)n2)sc2c1CCC2. The Labute approximate surface area is 187 Å². The maximum absolute atomic E-state index is 12.4. The van der Waals surface area contributed by atoms with E-state index >= 15 is 0 Å². The number of amides is 1. The number of aryl methyl sites for hydroxylation is 1. The Hall–Kier alpha value is -3.04. The summed E-state index contributed by atoms with van der Waals surface area (Å²) in [5.41, 5.74) is 2.43. The van der Waals surface area contributed by atoms with Gasteiger partial charge in [0, 0.05) is 15.8 Å². The molecule has 1 amide bonds. The fraction of sp³-hybridized carbons (Fsp3) is 0.273. The predicted octanol–water partition coefficient (Wildman–Crippen LogP) is 4.33. The third-order valence-corrected chi connectivity index (χ3v) is 6.82. The molecule has 1 aliphatic rings. The number of thiazole rings is 1. The zero-order chi connectivity index (χ0) is 21.8. The van der Waals surface area contributed by atoms with Gasteiger partial charge in [-0.2, -0.15) is 0 Å². The number of anilines is 1. The van der Waals surface area contributed by atoms with Gasteiger partial charge in [-0.15, -0.1) is 22.7 Å². The monoisotopic (exact) mass is 456 g/mol. The van der Waals surface area contributed by atoms with Gasteiger partial charge in [0.2, 0.25) is 0 Å². The molecule has 1 N–H and O–H groups in total. The van der Waals surface area contributed by atoms with Crippen molar-refractivity contribution in [1.82, 2.24) is 4.98 Å². The molecule has 1 aromatic carbocycles. The number of benzene rings is 1. The van der Waals surface area contributed by atoms with Crippen molar-refractivity contribution in [3.63, 3.8) is 0 Å². The van der Waals surface area contributed by atoms with Crippen LogP contribution >= 0.6 is 22.7 Å². The van der Waals surface area contributed by atoms with Crippen molar-refractivity contribution in [2.24, 2.45) is 0 Å². The second-order valence-electron chi connectivity index (χ2n) is 6.81. The molecule has 9 heteroatoms. The highest BCUT2D eigenvalue weighted by Gasteiger charge is 2.28. The summed E-state index contributed by atoms with van der Waals surface area (Å²) in [5.74, 6) is -1.63. The van der Waals surface area contributed by atoms with E-state index in [1.165, 1.54) is 22.7 Å². The van der Waals surface area contributed by atoms with Crippen molar-refractivity contribution in [2.45, 2.75) is 26.2 Å². The van der Waals surface area contributed by atoms with Crippen molar-refractivity contribution in [3.05, 3.63) is 57.4 Å². The second-order valence-corrected chi connectivity index (χ2v) is 8.77. The van der Waals surface area contributed by atoms with Crippen LogP contribution in [0.1, 0.15) is 44.6 Å². The van der Waals surface area contributed by atoms with Crippen molar-refractivity contribution >= 4 is 45.5 Å². The molecule has 0 radical (unpaired) electrons. The van der Waals surface area contributed by atoms with Crippen LogP contribution in [0.3, 0.4) is 0 Å². The van der Waals surface area contributed by atoms with Crippen LogP contribution in [0.4, 0.5) is 5.00 Å². The first-order valence-electron chi connectivity index (χ1n) is 9.86. The largest absolute Gasteiger partial charge is 0.462 e. The molecule has 160 valence electrons. The third kappa shape index (κ3) is 4.67. The summed E-state index contributed by atoms with van der Waals surface area (Å²) in [7, 11) is 0. The van der Waals surface area contributed by atoms with E-state index in [2.05, 4.69) is 10.3 Å². The first-order chi connectivity index (χ1) is 15.1. The zero-order valence-corrected chi connectivity index (χ0v) is 18.4. The number of carbonyl (C=O) groups excluding carboxylic acids is 3. The molecule has 2 heterocycles. The fourth-order valence-electron chi connectivity index (χ4n) is 3.36. The van der Waals surface area contributed by atoms with Crippen LogP contribution in [0.25, 0.3) is 10.6 Å². The number of aromatic nitrogens is 1. The lowest BCUT2D eigenvalue weighted by atomic mass is 10.1. The van der Waals surface area contributed by atoms with Crippen LogP contribution in [-0.2, 0) is 27.1 Å². The summed E-state index contributed by atoms with van der Waals surface area (Å²) in [4.78, 5) is 42.4. The lowest BCUT2D eigenvalue weighted by Gasteiger charge is -2.08. The summed E-state index contributed by atoms with van der Waals surface area (Å²) in [6.45, 7) is 1.53. The standard InChI is InChI=1S/C22H20N2O5S2/c1-2-28-22(27)18-14-9-6-10-16(14)31-20(18)24-17(25)11-29-21(26)15-12-30-19(23-15)13-7-4-3-5-8-13/h3-5,7-8,12H,2,6,9-11H2,1H3,(H,24,25). The lowest BCUT2D eigenvalue weighted by molar-refractivity contribution is -0.119. The van der Waals surface area contributed by atoms with E-state index in [-0.39, 0.29) is 12.3 Å². The Morgan fingerprint density at radius 2 is 1.90 bits per heavy atom. The Bertz CT molecular complexity index is 1120. The summed E-state index contributed by atoms with van der Waals surface area (Å²) in [5, 5.41) is 5.45. The van der Waals surface area contributed by atoms with Crippen LogP contribution in [0, 0.1) is 0 Å². The zero-order valence-electron chi connectivity index (χ0n) is 16.8. The molecule has 0 fully saturated rings. The molecule has 4 rings (SSSR count). The van der Waals surface area contributed by atoms with Gasteiger partial charge in [0.15, 0.2) is 12.3 Å². The first kappa shape index (κ1) is 21.2. The van der Waals surface area contributed by atoms with Crippen molar-refractivity contribution in [3.8, 4) is 10.6 Å². The lowest BCUT2D eigenvalue weighted by Crippen LogP contribution is -2.22. The van der Waals surface area contributed by atoms with E-state index in [4.69, 9.17) is 9.47 Å². The van der Waals surface area contributed by atoms with E-state index in [9.17, 15) is 14.4 Å². The maximum atomic E-state index is 12.4. The number of hydrogen-bond acceptors (Lipinski definition) is 8. The number of ether oxygens (including phenoxy) is 2. The van der Waals surface area contributed by atoms with Gasteiger partial charge < -0.3 is 14.8 Å². The van der Waals surface area contributed by atoms with E-state index < -0.39 is 24.5 Å². The summed E-state index contributed by atoms with van der Waals surface area (Å²) in [6, 6.07) is 9.50. The molecule has 0 saturated heterocycles. The van der Waals surface area contributed by atoms with E-state index in [0.717, 1.165) is 35.3 Å². The Balaban J connectivity index is 1.38. The number of rotatable bonds is 7. The minimum atomic E-state index is -0.673. The van der Waals surface area contributed by atoms with Crippen LogP contribution in [0.5, 0.6) is 0 Å². The number of nitrogens with zero attached hydrogens (tertiary/aromatic N) is 1. The molecular formula is C22H20N2O5S2. The van der Waals surface area contributed by atoms with Gasteiger partial charge in [-0.3, -0.25) is 4.79 Å². The van der Waals surface area contributed by atoms with Crippen LogP contribution in [-0.4, -0.2) is 36.0 Å².